The molecule has 24 heavy (non-hydrogen) atoms. The Kier molecular flexibility index (Phi) is 5.43. The topological polar surface area (TPSA) is 43.8 Å². The van der Waals surface area contributed by atoms with Crippen molar-refractivity contribution < 1.29 is 14.2 Å². The van der Waals surface area contributed by atoms with Gasteiger partial charge in [-0.2, -0.15) is 0 Å². The minimum absolute atomic E-state index is 0.215. The van der Waals surface area contributed by atoms with Crippen LogP contribution in [0.3, 0.4) is 0 Å². The SMILES string of the molecule is c1cncc(CO[C@H]2CC[C@@H]3[C@@H]2OCCN3CC2CCOCC2)c1. The molecule has 0 unspecified atom stereocenters. The third kappa shape index (κ3) is 3.80. The molecule has 2 saturated heterocycles. The largest absolute Gasteiger partial charge is 0.381 e. The van der Waals surface area contributed by atoms with E-state index in [0.29, 0.717) is 12.6 Å². The van der Waals surface area contributed by atoms with Crippen molar-refractivity contribution in [2.24, 2.45) is 5.92 Å². The highest BCUT2D eigenvalue weighted by molar-refractivity contribution is 5.07. The number of morpholine rings is 1. The van der Waals surface area contributed by atoms with Crippen LogP contribution in [0.1, 0.15) is 31.2 Å². The Morgan fingerprint density at radius 3 is 2.92 bits per heavy atom. The molecule has 1 saturated carbocycles. The lowest BCUT2D eigenvalue weighted by molar-refractivity contribution is -0.120. The van der Waals surface area contributed by atoms with Crippen LogP contribution in [0.25, 0.3) is 0 Å². The van der Waals surface area contributed by atoms with E-state index in [1.54, 1.807) is 6.20 Å². The number of hydrogen-bond donors (Lipinski definition) is 0. The van der Waals surface area contributed by atoms with Crippen LogP contribution in [0.15, 0.2) is 24.5 Å². The molecule has 4 rings (SSSR count). The second-order valence-corrected chi connectivity index (χ2v) is 7.24. The van der Waals surface area contributed by atoms with E-state index in [-0.39, 0.29) is 12.2 Å². The van der Waals surface area contributed by atoms with Crippen molar-refractivity contribution in [1.29, 1.82) is 0 Å². The van der Waals surface area contributed by atoms with Gasteiger partial charge in [-0.3, -0.25) is 9.88 Å². The molecule has 0 spiro atoms. The third-order valence-corrected chi connectivity index (χ3v) is 5.67. The number of rotatable bonds is 5. The minimum Gasteiger partial charge on any atom is -0.381 e. The minimum atomic E-state index is 0.215. The maximum Gasteiger partial charge on any atom is 0.0992 e. The first-order chi connectivity index (χ1) is 11.9. The molecule has 5 nitrogen and oxygen atoms in total. The van der Waals surface area contributed by atoms with Gasteiger partial charge in [0.2, 0.25) is 0 Å². The van der Waals surface area contributed by atoms with Crippen LogP contribution >= 0.6 is 0 Å². The number of aromatic nitrogens is 1. The Bertz CT molecular complexity index is 507. The first-order valence-electron chi connectivity index (χ1n) is 9.34. The second-order valence-electron chi connectivity index (χ2n) is 7.24. The van der Waals surface area contributed by atoms with E-state index >= 15 is 0 Å². The number of hydrogen-bond acceptors (Lipinski definition) is 5. The predicted molar refractivity (Wildman–Crippen MR) is 90.7 cm³/mol. The summed E-state index contributed by atoms with van der Waals surface area (Å²) in [6.07, 6.45) is 8.82. The highest BCUT2D eigenvalue weighted by atomic mass is 16.5. The lowest BCUT2D eigenvalue weighted by atomic mass is 9.98. The summed E-state index contributed by atoms with van der Waals surface area (Å²) < 4.78 is 17.8. The first kappa shape index (κ1) is 16.5. The van der Waals surface area contributed by atoms with Crippen LogP contribution in [0, 0.1) is 5.92 Å². The van der Waals surface area contributed by atoms with E-state index in [4.69, 9.17) is 14.2 Å². The molecule has 5 heteroatoms. The maximum atomic E-state index is 6.19. The van der Waals surface area contributed by atoms with Gasteiger partial charge in [0.15, 0.2) is 0 Å². The first-order valence-corrected chi connectivity index (χ1v) is 9.34. The van der Waals surface area contributed by atoms with Gasteiger partial charge in [-0.1, -0.05) is 6.07 Å². The molecule has 1 aromatic rings. The van der Waals surface area contributed by atoms with Crippen molar-refractivity contribution in [3.8, 4) is 0 Å². The maximum absolute atomic E-state index is 6.19. The Balaban J connectivity index is 1.32. The highest BCUT2D eigenvalue weighted by Crippen LogP contribution is 2.33. The zero-order chi connectivity index (χ0) is 16.2. The van der Waals surface area contributed by atoms with E-state index in [1.165, 1.54) is 25.8 Å². The normalized spacial score (nSPS) is 31.9. The van der Waals surface area contributed by atoms with Gasteiger partial charge in [-0.05, 0) is 43.2 Å². The monoisotopic (exact) mass is 332 g/mol. The van der Waals surface area contributed by atoms with Crippen LogP contribution < -0.4 is 0 Å². The van der Waals surface area contributed by atoms with Crippen molar-refractivity contribution >= 4 is 0 Å². The molecule has 3 heterocycles. The summed E-state index contributed by atoms with van der Waals surface area (Å²) in [6.45, 7) is 5.58. The smallest absolute Gasteiger partial charge is 0.0992 e. The summed E-state index contributed by atoms with van der Waals surface area (Å²) in [5.41, 5.74) is 1.14. The quantitative estimate of drug-likeness (QED) is 0.827. The number of ether oxygens (including phenoxy) is 3. The van der Waals surface area contributed by atoms with Gasteiger partial charge in [0.25, 0.3) is 0 Å². The molecule has 0 aromatic carbocycles. The predicted octanol–water partition coefficient (Wildman–Crippen LogP) is 2.26. The second kappa shape index (κ2) is 7.91. The lowest BCUT2D eigenvalue weighted by Gasteiger charge is -2.41. The molecule has 0 amide bonds. The average molecular weight is 332 g/mol. The van der Waals surface area contributed by atoms with Crippen LogP contribution in [0.5, 0.6) is 0 Å². The summed E-state index contributed by atoms with van der Waals surface area (Å²) in [4.78, 5) is 6.82. The summed E-state index contributed by atoms with van der Waals surface area (Å²) in [5, 5.41) is 0. The summed E-state index contributed by atoms with van der Waals surface area (Å²) in [5.74, 6) is 0.785. The zero-order valence-corrected chi connectivity index (χ0v) is 14.3. The summed E-state index contributed by atoms with van der Waals surface area (Å²) in [7, 11) is 0. The molecule has 1 aromatic heterocycles. The van der Waals surface area contributed by atoms with Gasteiger partial charge < -0.3 is 14.2 Å². The molecule has 0 radical (unpaired) electrons. The fraction of sp³-hybridized carbons (Fsp3) is 0.737. The molecule has 132 valence electrons. The van der Waals surface area contributed by atoms with Crippen molar-refractivity contribution in [3.05, 3.63) is 30.1 Å². The molecule has 3 fully saturated rings. The number of pyridine rings is 1. The Morgan fingerprint density at radius 1 is 1.17 bits per heavy atom. The van der Waals surface area contributed by atoms with E-state index < -0.39 is 0 Å². The van der Waals surface area contributed by atoms with Crippen LogP contribution in [0.2, 0.25) is 0 Å². The molecule has 1 aliphatic carbocycles. The van der Waals surface area contributed by atoms with Crippen molar-refractivity contribution in [3.63, 3.8) is 0 Å². The van der Waals surface area contributed by atoms with Crippen molar-refractivity contribution in [2.75, 3.05) is 32.9 Å². The third-order valence-electron chi connectivity index (χ3n) is 5.67. The van der Waals surface area contributed by atoms with Gasteiger partial charge >= 0.3 is 0 Å². The molecule has 3 aliphatic rings. The summed E-state index contributed by atoms with van der Waals surface area (Å²) in [6, 6.07) is 4.56. The lowest BCUT2D eigenvalue weighted by Crippen LogP contribution is -2.53. The van der Waals surface area contributed by atoms with Crippen molar-refractivity contribution in [2.45, 2.75) is 50.5 Å². The molecular formula is C19H28N2O3. The molecular weight excluding hydrogens is 304 g/mol. The number of fused-ring (bicyclic) bond motifs is 1. The van der Waals surface area contributed by atoms with Crippen LogP contribution in [-0.4, -0.2) is 61.0 Å². The number of nitrogens with zero attached hydrogens (tertiary/aromatic N) is 2. The van der Waals surface area contributed by atoms with Gasteiger partial charge in [-0.25, -0.2) is 0 Å². The van der Waals surface area contributed by atoms with E-state index in [0.717, 1.165) is 44.3 Å². The van der Waals surface area contributed by atoms with Crippen molar-refractivity contribution in [1.82, 2.24) is 9.88 Å². The van der Waals surface area contributed by atoms with E-state index in [2.05, 4.69) is 16.0 Å². The van der Waals surface area contributed by atoms with Gasteiger partial charge in [0.1, 0.15) is 0 Å². The fourth-order valence-corrected chi connectivity index (χ4v) is 4.34. The fourth-order valence-electron chi connectivity index (χ4n) is 4.34. The zero-order valence-electron chi connectivity index (χ0n) is 14.3. The summed E-state index contributed by atoms with van der Waals surface area (Å²) >= 11 is 0. The van der Waals surface area contributed by atoms with Gasteiger partial charge in [0, 0.05) is 44.7 Å². The molecule has 0 bridgehead atoms. The molecule has 2 aliphatic heterocycles. The Hall–Kier alpha value is -1.01. The Labute approximate surface area is 144 Å². The van der Waals surface area contributed by atoms with Gasteiger partial charge in [0.05, 0.1) is 25.4 Å². The standard InChI is InChI=1S/C19H28N2O3/c1-2-16(12-20-7-1)14-24-18-4-3-17-19(18)23-11-8-21(17)13-15-5-9-22-10-6-15/h1-2,7,12,15,17-19H,3-6,8-11,13-14H2/t17-,18+,19+/m1/s1. The Morgan fingerprint density at radius 2 is 2.08 bits per heavy atom. The van der Waals surface area contributed by atoms with Crippen LogP contribution in [0.4, 0.5) is 0 Å². The molecule has 3 atom stereocenters. The van der Waals surface area contributed by atoms with Gasteiger partial charge in [-0.15, -0.1) is 0 Å². The van der Waals surface area contributed by atoms with E-state index in [9.17, 15) is 0 Å². The highest BCUT2D eigenvalue weighted by Gasteiger charge is 2.43. The van der Waals surface area contributed by atoms with Crippen LogP contribution in [-0.2, 0) is 20.8 Å². The van der Waals surface area contributed by atoms with E-state index in [1.807, 2.05) is 12.3 Å². The average Bonchev–Trinajstić information content (AvgIpc) is 3.06. The molecule has 0 N–H and O–H groups in total.